The maximum atomic E-state index is 14.0. The van der Waals surface area contributed by atoms with Crippen molar-refractivity contribution in [2.75, 3.05) is 33.4 Å². The fourth-order valence-electron chi connectivity index (χ4n) is 5.73. The van der Waals surface area contributed by atoms with Gasteiger partial charge in [0.2, 0.25) is 5.91 Å². The van der Waals surface area contributed by atoms with E-state index in [0.29, 0.717) is 16.8 Å². The Balaban J connectivity index is 1.41. The zero-order valence-electron chi connectivity index (χ0n) is 21.5. The maximum absolute atomic E-state index is 14.0. The second kappa shape index (κ2) is 12.6. The average molecular weight is 599 g/mol. The van der Waals surface area contributed by atoms with Gasteiger partial charge in [-0.15, -0.1) is 0 Å². The summed E-state index contributed by atoms with van der Waals surface area (Å²) in [7, 11) is 1.62. The molecule has 1 saturated carbocycles. The average Bonchev–Trinajstić information content (AvgIpc) is 2.97. The van der Waals surface area contributed by atoms with Gasteiger partial charge < -0.3 is 14.8 Å². The lowest BCUT2D eigenvalue weighted by Crippen LogP contribution is -2.48. The van der Waals surface area contributed by atoms with E-state index in [1.807, 2.05) is 36.4 Å². The number of benzene rings is 2. The van der Waals surface area contributed by atoms with Crippen LogP contribution in [0, 0.1) is 5.92 Å². The third kappa shape index (κ3) is 6.40. The molecule has 2 aromatic carbocycles. The molecule has 2 heterocycles. The normalized spacial score (nSPS) is 23.0. The number of ether oxygens (including phenoxy) is 2. The summed E-state index contributed by atoms with van der Waals surface area (Å²) in [6.45, 7) is 3.47. The number of methoxy groups -OCH3 is 1. The molecule has 1 saturated heterocycles. The highest BCUT2D eigenvalue weighted by Gasteiger charge is 2.39. The highest BCUT2D eigenvalue weighted by Crippen LogP contribution is 2.41. The van der Waals surface area contributed by atoms with Gasteiger partial charge in [0.05, 0.1) is 38.3 Å². The molecule has 6 nitrogen and oxygen atoms in total. The number of hydrogen-bond donors (Lipinski definition) is 1. The van der Waals surface area contributed by atoms with Crippen LogP contribution < -0.4 is 10.1 Å². The zero-order valence-corrected chi connectivity index (χ0v) is 23.8. The third-order valence-corrected chi connectivity index (χ3v) is 8.58. The quantitative estimate of drug-likeness (QED) is 0.362. The van der Waals surface area contributed by atoms with Gasteiger partial charge >= 0.3 is 0 Å². The summed E-state index contributed by atoms with van der Waals surface area (Å²) < 4.78 is 11.9. The first-order valence-electron chi connectivity index (χ1n) is 13.1. The molecule has 200 valence electrons. The number of carbonyl (C=O) groups is 1. The predicted octanol–water partition coefficient (Wildman–Crippen LogP) is 6.00. The first-order valence-corrected chi connectivity index (χ1v) is 14.3. The summed E-state index contributed by atoms with van der Waals surface area (Å²) in [6, 6.07) is 19.9. The third-order valence-electron chi connectivity index (χ3n) is 7.80. The lowest BCUT2D eigenvalue weighted by Gasteiger charge is -2.42. The first-order chi connectivity index (χ1) is 18.5. The minimum Gasteiger partial charge on any atom is -0.495 e. The van der Waals surface area contributed by atoms with E-state index in [0.717, 1.165) is 61.3 Å². The van der Waals surface area contributed by atoms with Crippen LogP contribution in [0.3, 0.4) is 0 Å². The van der Waals surface area contributed by atoms with Crippen molar-refractivity contribution >= 4 is 33.4 Å². The number of morpholine rings is 1. The number of pyridine rings is 1. The van der Waals surface area contributed by atoms with E-state index in [1.165, 1.54) is 5.56 Å². The fraction of sp³-hybridized carbons (Fsp3) is 0.400. The number of aromatic nitrogens is 1. The Labute approximate surface area is 237 Å². The first kappa shape index (κ1) is 27.1. The standard InChI is InChI=1S/C30H33BrClN3O3/c1-37-25-11-13-28(33-19-25)29(21-4-8-23(32)9-5-21)34-30(36)26-12-10-24(35-14-16-38-17-15-35)18-27(26)20-2-6-22(31)7-3-20/h2-9,11,13,19,24,26-27,29H,10,12,14-18H2,1H3,(H,34,36)/t24-,26-,27+,29?/m1/s1. The van der Waals surface area contributed by atoms with Crippen LogP contribution in [-0.4, -0.2) is 55.2 Å². The smallest absolute Gasteiger partial charge is 0.224 e. The molecule has 1 N–H and O–H groups in total. The van der Waals surface area contributed by atoms with Gasteiger partial charge in [-0.1, -0.05) is 51.8 Å². The van der Waals surface area contributed by atoms with Crippen LogP contribution >= 0.6 is 27.5 Å². The van der Waals surface area contributed by atoms with E-state index in [4.69, 9.17) is 21.1 Å². The summed E-state index contributed by atoms with van der Waals surface area (Å²) >= 11 is 9.73. The minimum absolute atomic E-state index is 0.0518. The highest BCUT2D eigenvalue weighted by molar-refractivity contribution is 9.10. The van der Waals surface area contributed by atoms with Crippen molar-refractivity contribution in [1.82, 2.24) is 15.2 Å². The SMILES string of the molecule is COc1ccc(C(NC(=O)[C@@H]2CC[C@@H](N3CCOCC3)C[C@H]2c2ccc(Br)cc2)c2ccc(Cl)cc2)nc1. The topological polar surface area (TPSA) is 63.7 Å². The van der Waals surface area contributed by atoms with Crippen LogP contribution in [0.4, 0.5) is 0 Å². The Bertz CT molecular complexity index is 1200. The number of amides is 1. The monoisotopic (exact) mass is 597 g/mol. The van der Waals surface area contributed by atoms with Crippen LogP contribution in [0.15, 0.2) is 71.3 Å². The van der Waals surface area contributed by atoms with Crippen molar-refractivity contribution in [3.05, 3.63) is 93.2 Å². The van der Waals surface area contributed by atoms with Crippen molar-refractivity contribution in [3.63, 3.8) is 0 Å². The molecule has 8 heteroatoms. The van der Waals surface area contributed by atoms with Gasteiger partial charge in [-0.2, -0.15) is 0 Å². The van der Waals surface area contributed by atoms with E-state index < -0.39 is 6.04 Å². The summed E-state index contributed by atoms with van der Waals surface area (Å²) in [5, 5.41) is 4.00. The van der Waals surface area contributed by atoms with Crippen LogP contribution in [0.25, 0.3) is 0 Å². The Morgan fingerprint density at radius 3 is 2.47 bits per heavy atom. The van der Waals surface area contributed by atoms with Crippen LogP contribution in [0.5, 0.6) is 5.75 Å². The Morgan fingerprint density at radius 1 is 1.08 bits per heavy atom. The maximum Gasteiger partial charge on any atom is 0.224 e. The molecule has 0 bridgehead atoms. The van der Waals surface area contributed by atoms with Crippen LogP contribution in [-0.2, 0) is 9.53 Å². The van der Waals surface area contributed by atoms with E-state index in [-0.39, 0.29) is 17.7 Å². The van der Waals surface area contributed by atoms with Crippen molar-refractivity contribution in [1.29, 1.82) is 0 Å². The summed E-state index contributed by atoms with van der Waals surface area (Å²) in [5.74, 6) is 0.712. The predicted molar refractivity (Wildman–Crippen MR) is 153 cm³/mol. The second-order valence-corrected chi connectivity index (χ2v) is 11.3. The molecule has 2 fully saturated rings. The highest BCUT2D eigenvalue weighted by atomic mass is 79.9. The lowest BCUT2D eigenvalue weighted by molar-refractivity contribution is -0.127. The molecule has 1 amide bonds. The molecule has 0 radical (unpaired) electrons. The largest absolute Gasteiger partial charge is 0.495 e. The van der Waals surface area contributed by atoms with Gasteiger partial charge in [0.25, 0.3) is 0 Å². The number of halogens is 2. The van der Waals surface area contributed by atoms with Crippen molar-refractivity contribution in [2.24, 2.45) is 5.92 Å². The molecule has 1 aliphatic carbocycles. The number of hydrogen-bond acceptors (Lipinski definition) is 5. The van der Waals surface area contributed by atoms with Gasteiger partial charge in [0, 0.05) is 34.5 Å². The number of nitrogens with one attached hydrogen (secondary N) is 1. The molecule has 3 aromatic rings. The molecular formula is C30H33BrClN3O3. The Morgan fingerprint density at radius 2 is 1.82 bits per heavy atom. The van der Waals surface area contributed by atoms with Gasteiger partial charge in [-0.25, -0.2) is 0 Å². The number of rotatable bonds is 7. The van der Waals surface area contributed by atoms with Crippen LogP contribution in [0.1, 0.15) is 48.0 Å². The van der Waals surface area contributed by atoms with Crippen molar-refractivity contribution < 1.29 is 14.3 Å². The van der Waals surface area contributed by atoms with E-state index in [1.54, 1.807) is 13.3 Å². The second-order valence-electron chi connectivity index (χ2n) is 10.00. The van der Waals surface area contributed by atoms with E-state index in [9.17, 15) is 4.79 Å². The Hall–Kier alpha value is -2.45. The van der Waals surface area contributed by atoms with Crippen LogP contribution in [0.2, 0.25) is 5.02 Å². The molecule has 38 heavy (non-hydrogen) atoms. The summed E-state index contributed by atoms with van der Waals surface area (Å²) in [4.78, 5) is 21.2. The van der Waals surface area contributed by atoms with Gasteiger partial charge in [-0.3, -0.25) is 14.7 Å². The molecule has 1 unspecified atom stereocenters. The molecule has 0 spiro atoms. The molecule has 1 aliphatic heterocycles. The molecule has 4 atom stereocenters. The van der Waals surface area contributed by atoms with E-state index in [2.05, 4.69) is 55.4 Å². The van der Waals surface area contributed by atoms with Gasteiger partial charge in [0.15, 0.2) is 0 Å². The van der Waals surface area contributed by atoms with Crippen molar-refractivity contribution in [3.8, 4) is 5.75 Å². The Kier molecular flexibility index (Phi) is 9.00. The molecule has 2 aliphatic rings. The van der Waals surface area contributed by atoms with Gasteiger partial charge in [0.1, 0.15) is 5.75 Å². The van der Waals surface area contributed by atoms with Crippen molar-refractivity contribution in [2.45, 2.75) is 37.3 Å². The summed E-state index contributed by atoms with van der Waals surface area (Å²) in [5.41, 5.74) is 2.89. The number of carbonyl (C=O) groups excluding carboxylic acids is 1. The fourth-order valence-corrected chi connectivity index (χ4v) is 6.12. The lowest BCUT2D eigenvalue weighted by atomic mass is 9.72. The zero-order chi connectivity index (χ0) is 26.5. The van der Waals surface area contributed by atoms with E-state index >= 15 is 0 Å². The molecule has 5 rings (SSSR count). The van der Waals surface area contributed by atoms with Gasteiger partial charge in [-0.05, 0) is 72.7 Å². The molecular weight excluding hydrogens is 566 g/mol. The minimum atomic E-state index is -0.395. The summed E-state index contributed by atoms with van der Waals surface area (Å²) in [6.07, 6.45) is 4.46. The molecule has 1 aromatic heterocycles. The number of nitrogens with zero attached hydrogens (tertiary/aromatic N) is 2.